The number of nitrogens with one attached hydrogen (secondary N) is 2. The molecular weight excluding hydrogens is 344 g/mol. The Hall–Kier alpha value is -1.39. The van der Waals surface area contributed by atoms with E-state index in [1.54, 1.807) is 0 Å². The summed E-state index contributed by atoms with van der Waals surface area (Å²) >= 11 is 0. The van der Waals surface area contributed by atoms with Crippen molar-refractivity contribution in [3.05, 3.63) is 71.8 Å². The van der Waals surface area contributed by atoms with Crippen molar-refractivity contribution in [2.24, 2.45) is 0 Å². The van der Waals surface area contributed by atoms with Gasteiger partial charge in [-0.15, -0.1) is 12.4 Å². The Morgan fingerprint density at radius 2 is 1.38 bits per heavy atom. The second-order valence-electron chi connectivity index (χ2n) is 8.08. The highest BCUT2D eigenvalue weighted by atomic mass is 35.5. The van der Waals surface area contributed by atoms with Crippen molar-refractivity contribution in [2.75, 3.05) is 13.2 Å². The van der Waals surface area contributed by atoms with Crippen LogP contribution in [0.4, 0.5) is 0 Å². The third-order valence-electron chi connectivity index (χ3n) is 4.45. The van der Waals surface area contributed by atoms with Crippen molar-refractivity contribution in [2.45, 2.75) is 51.2 Å². The van der Waals surface area contributed by atoms with E-state index in [2.05, 4.69) is 85.1 Å². The molecule has 26 heavy (non-hydrogen) atoms. The van der Waals surface area contributed by atoms with Crippen LogP contribution in [0.3, 0.4) is 0 Å². The Labute approximate surface area is 164 Å². The number of aliphatic hydroxyl groups excluding tert-OH is 1. The largest absolute Gasteiger partial charge is 0.394 e. The van der Waals surface area contributed by atoms with E-state index in [9.17, 15) is 5.11 Å². The molecule has 3 N–H and O–H groups in total. The summed E-state index contributed by atoms with van der Waals surface area (Å²) in [6.45, 7) is 9.33. The minimum atomic E-state index is -0.277. The average Bonchev–Trinajstić information content (AvgIpc) is 2.61. The fourth-order valence-electron chi connectivity index (χ4n) is 2.83. The Balaban J connectivity index is 0.00000338. The molecule has 1 unspecified atom stereocenters. The Morgan fingerprint density at radius 1 is 0.846 bits per heavy atom. The maximum atomic E-state index is 9.46. The predicted octanol–water partition coefficient (Wildman–Crippen LogP) is 4.12. The summed E-state index contributed by atoms with van der Waals surface area (Å²) in [6, 6.07) is 21.4. The second-order valence-corrected chi connectivity index (χ2v) is 8.08. The molecule has 0 aromatic heterocycles. The smallest absolute Gasteiger partial charge is 0.0607 e. The van der Waals surface area contributed by atoms with Crippen molar-refractivity contribution in [1.82, 2.24) is 10.6 Å². The highest BCUT2D eigenvalue weighted by molar-refractivity contribution is 5.85. The van der Waals surface area contributed by atoms with E-state index in [1.807, 2.05) is 13.8 Å². The standard InChI is InChI=1S/C22H32N2O.ClH/c1-21(2,16-23-22(3,4)17-25)24-20(19-13-9-6-10-14-19)15-18-11-7-5-8-12-18;/h5-14,20,23-25H,15-17H2,1-4H3;1H. The summed E-state index contributed by atoms with van der Waals surface area (Å²) in [6.07, 6.45) is 0.942. The van der Waals surface area contributed by atoms with Gasteiger partial charge in [-0.3, -0.25) is 0 Å². The third kappa shape index (κ3) is 7.46. The SMILES string of the molecule is CC(C)(CO)NCC(C)(C)NC(Cc1ccccc1)c1ccccc1.Cl. The molecule has 0 saturated heterocycles. The molecule has 2 aromatic rings. The van der Waals surface area contributed by atoms with Crippen LogP contribution in [0.1, 0.15) is 44.9 Å². The number of hydrogen-bond acceptors (Lipinski definition) is 3. The van der Waals surface area contributed by atoms with Crippen molar-refractivity contribution < 1.29 is 5.11 Å². The van der Waals surface area contributed by atoms with Gasteiger partial charge < -0.3 is 15.7 Å². The van der Waals surface area contributed by atoms with Crippen LogP contribution in [-0.2, 0) is 6.42 Å². The van der Waals surface area contributed by atoms with Crippen molar-refractivity contribution in [3.63, 3.8) is 0 Å². The fourth-order valence-corrected chi connectivity index (χ4v) is 2.83. The van der Waals surface area contributed by atoms with Crippen molar-refractivity contribution in [3.8, 4) is 0 Å². The van der Waals surface area contributed by atoms with Crippen LogP contribution in [-0.4, -0.2) is 29.3 Å². The van der Waals surface area contributed by atoms with Gasteiger partial charge in [0, 0.05) is 23.7 Å². The van der Waals surface area contributed by atoms with Crippen LogP contribution in [0.15, 0.2) is 60.7 Å². The molecule has 0 amide bonds. The monoisotopic (exact) mass is 376 g/mol. The van der Waals surface area contributed by atoms with Crippen molar-refractivity contribution >= 4 is 12.4 Å². The van der Waals surface area contributed by atoms with Crippen LogP contribution < -0.4 is 10.6 Å². The molecule has 0 aliphatic heterocycles. The predicted molar refractivity (Wildman–Crippen MR) is 113 cm³/mol. The lowest BCUT2D eigenvalue weighted by molar-refractivity contribution is 0.174. The average molecular weight is 377 g/mol. The molecule has 0 bridgehead atoms. The maximum absolute atomic E-state index is 9.46. The number of aliphatic hydroxyl groups is 1. The van der Waals surface area contributed by atoms with E-state index in [0.29, 0.717) is 0 Å². The molecule has 2 rings (SSSR count). The van der Waals surface area contributed by atoms with E-state index >= 15 is 0 Å². The number of rotatable bonds is 9. The zero-order chi connectivity index (χ0) is 18.3. The molecule has 0 fully saturated rings. The van der Waals surface area contributed by atoms with Gasteiger partial charge in [0.15, 0.2) is 0 Å². The zero-order valence-corrected chi connectivity index (χ0v) is 17.1. The summed E-state index contributed by atoms with van der Waals surface area (Å²) < 4.78 is 0. The van der Waals surface area contributed by atoms with Crippen LogP contribution in [0, 0.1) is 0 Å². The first kappa shape index (κ1) is 22.7. The van der Waals surface area contributed by atoms with Gasteiger partial charge >= 0.3 is 0 Å². The highest BCUT2D eigenvalue weighted by Crippen LogP contribution is 2.21. The minimum Gasteiger partial charge on any atom is -0.394 e. The van der Waals surface area contributed by atoms with E-state index in [0.717, 1.165) is 13.0 Å². The van der Waals surface area contributed by atoms with Crippen LogP contribution in [0.25, 0.3) is 0 Å². The van der Waals surface area contributed by atoms with Gasteiger partial charge in [-0.2, -0.15) is 0 Å². The molecule has 0 saturated carbocycles. The zero-order valence-electron chi connectivity index (χ0n) is 16.3. The number of halogens is 1. The van der Waals surface area contributed by atoms with Gasteiger partial charge in [-0.25, -0.2) is 0 Å². The molecule has 4 heteroatoms. The third-order valence-corrected chi connectivity index (χ3v) is 4.45. The quantitative estimate of drug-likeness (QED) is 0.616. The number of hydrogen-bond donors (Lipinski definition) is 3. The first-order valence-corrected chi connectivity index (χ1v) is 9.04. The first-order chi connectivity index (χ1) is 11.8. The van der Waals surface area contributed by atoms with Crippen LogP contribution in [0.5, 0.6) is 0 Å². The Morgan fingerprint density at radius 3 is 1.92 bits per heavy atom. The summed E-state index contributed by atoms with van der Waals surface area (Å²) in [5.41, 5.74) is 2.23. The molecule has 2 aromatic carbocycles. The first-order valence-electron chi connectivity index (χ1n) is 9.04. The van der Waals surface area contributed by atoms with Gasteiger partial charge in [0.05, 0.1) is 6.61 Å². The molecular formula is C22H33ClN2O. The molecule has 0 spiro atoms. The van der Waals surface area contributed by atoms with Gasteiger partial charge in [-0.05, 0) is 45.2 Å². The Bertz CT molecular complexity index is 629. The molecule has 144 valence electrons. The molecule has 0 aliphatic rings. The normalized spacial score (nSPS) is 13.1. The number of benzene rings is 2. The fraction of sp³-hybridized carbons (Fsp3) is 0.455. The molecule has 3 nitrogen and oxygen atoms in total. The van der Waals surface area contributed by atoms with Gasteiger partial charge in [0.2, 0.25) is 0 Å². The molecule has 0 aliphatic carbocycles. The maximum Gasteiger partial charge on any atom is 0.0607 e. The Kier molecular flexibility index (Phi) is 8.78. The van der Waals surface area contributed by atoms with E-state index in [-0.39, 0.29) is 36.1 Å². The lowest BCUT2D eigenvalue weighted by Gasteiger charge is -2.36. The van der Waals surface area contributed by atoms with Crippen molar-refractivity contribution in [1.29, 1.82) is 0 Å². The van der Waals surface area contributed by atoms with E-state index in [1.165, 1.54) is 11.1 Å². The lowest BCUT2D eigenvalue weighted by Crippen LogP contribution is -2.55. The van der Waals surface area contributed by atoms with Gasteiger partial charge in [0.25, 0.3) is 0 Å². The second kappa shape index (κ2) is 10.1. The molecule has 1 atom stereocenters. The summed E-state index contributed by atoms with van der Waals surface area (Å²) in [5, 5.41) is 16.7. The molecule has 0 heterocycles. The highest BCUT2D eigenvalue weighted by Gasteiger charge is 2.26. The van der Waals surface area contributed by atoms with Gasteiger partial charge in [0.1, 0.15) is 0 Å². The topological polar surface area (TPSA) is 44.3 Å². The summed E-state index contributed by atoms with van der Waals surface area (Å²) in [5.74, 6) is 0. The van der Waals surface area contributed by atoms with Crippen LogP contribution in [0.2, 0.25) is 0 Å². The summed E-state index contributed by atoms with van der Waals surface area (Å²) in [7, 11) is 0. The molecule has 0 radical (unpaired) electrons. The minimum absolute atomic E-state index is 0. The van der Waals surface area contributed by atoms with Crippen LogP contribution >= 0.6 is 12.4 Å². The van der Waals surface area contributed by atoms with Gasteiger partial charge in [-0.1, -0.05) is 60.7 Å². The van der Waals surface area contributed by atoms with E-state index in [4.69, 9.17) is 0 Å². The lowest BCUT2D eigenvalue weighted by atomic mass is 9.94. The summed E-state index contributed by atoms with van der Waals surface area (Å²) in [4.78, 5) is 0. The van der Waals surface area contributed by atoms with E-state index < -0.39 is 0 Å².